The number of benzene rings is 1. The molecule has 1 aromatic carbocycles. The summed E-state index contributed by atoms with van der Waals surface area (Å²) in [5.74, 6) is 1.39. The molecule has 3 radical (unpaired) electrons. The first-order valence-corrected chi connectivity index (χ1v) is 9.99. The summed E-state index contributed by atoms with van der Waals surface area (Å²) in [4.78, 5) is 21.7. The summed E-state index contributed by atoms with van der Waals surface area (Å²) < 4.78 is 12.2. The van der Waals surface area contributed by atoms with Crippen LogP contribution in [0, 0.1) is 6.92 Å². The van der Waals surface area contributed by atoms with E-state index in [0.717, 1.165) is 11.1 Å². The molecule has 0 fully saturated rings. The van der Waals surface area contributed by atoms with Gasteiger partial charge in [-0.15, -0.1) is 0 Å². The molecule has 4 rings (SSSR count). The van der Waals surface area contributed by atoms with Crippen LogP contribution >= 0.6 is 0 Å². The third-order valence-corrected chi connectivity index (χ3v) is 4.84. The van der Waals surface area contributed by atoms with Crippen molar-refractivity contribution in [2.45, 2.75) is 25.8 Å². The van der Waals surface area contributed by atoms with Gasteiger partial charge < -0.3 is 14.6 Å². The van der Waals surface area contributed by atoms with Gasteiger partial charge in [0.05, 0.1) is 19.5 Å². The molecule has 30 heavy (non-hydrogen) atoms. The minimum Gasteiger partial charge on any atom is -0.495 e. The van der Waals surface area contributed by atoms with Gasteiger partial charge in [-0.25, -0.2) is 4.98 Å². The first kappa shape index (κ1) is 19.8. The number of amides is 1. The molecule has 0 aliphatic heterocycles. The number of anilines is 1. The molecule has 3 heterocycles. The highest BCUT2D eigenvalue weighted by Gasteiger charge is 2.16. The highest BCUT2D eigenvalue weighted by atomic mass is 28.1. The van der Waals surface area contributed by atoms with E-state index in [4.69, 9.17) is 9.26 Å². The van der Waals surface area contributed by atoms with Crippen molar-refractivity contribution in [3.8, 4) is 17.1 Å². The van der Waals surface area contributed by atoms with Gasteiger partial charge in [0.1, 0.15) is 17.1 Å². The Kier molecular flexibility index (Phi) is 5.36. The lowest BCUT2D eigenvalue weighted by Crippen LogP contribution is -2.15. The Hall–Kier alpha value is -3.46. The van der Waals surface area contributed by atoms with Gasteiger partial charge in [-0.05, 0) is 36.2 Å². The Bertz CT molecular complexity index is 1210. The van der Waals surface area contributed by atoms with E-state index in [0.29, 0.717) is 40.9 Å². The minimum atomic E-state index is -0.280. The number of aryl methyl sites for hydroxylation is 1. The summed E-state index contributed by atoms with van der Waals surface area (Å²) >= 11 is 0. The molecule has 4 aromatic rings. The number of carbonyl (C=O) groups is 1. The molecular formula is C21H20N5O3Si. The Labute approximate surface area is 176 Å². The average Bonchev–Trinajstić information content (AvgIpc) is 3.35. The van der Waals surface area contributed by atoms with Crippen LogP contribution in [0.2, 0.25) is 5.54 Å². The van der Waals surface area contributed by atoms with Crippen molar-refractivity contribution in [3.63, 3.8) is 0 Å². The first-order chi connectivity index (χ1) is 14.4. The molecule has 3 aromatic heterocycles. The van der Waals surface area contributed by atoms with E-state index in [9.17, 15) is 4.79 Å². The van der Waals surface area contributed by atoms with Crippen molar-refractivity contribution in [2.24, 2.45) is 0 Å². The zero-order valence-electron chi connectivity index (χ0n) is 16.8. The molecule has 1 amide bonds. The summed E-state index contributed by atoms with van der Waals surface area (Å²) in [6.45, 7) is 3.93. The third-order valence-electron chi connectivity index (χ3n) is 4.64. The summed E-state index contributed by atoms with van der Waals surface area (Å²) in [6, 6.07) is 9.24. The van der Waals surface area contributed by atoms with Crippen LogP contribution in [0.5, 0.6) is 5.75 Å². The van der Waals surface area contributed by atoms with Gasteiger partial charge in [0.15, 0.2) is 0 Å². The van der Waals surface area contributed by atoms with Crippen molar-refractivity contribution in [1.82, 2.24) is 19.5 Å². The molecule has 9 heteroatoms. The number of hydrogen-bond acceptors (Lipinski definition) is 6. The summed E-state index contributed by atoms with van der Waals surface area (Å²) in [5.41, 5.74) is 3.63. The molecule has 0 bridgehead atoms. The first-order valence-electron chi connectivity index (χ1n) is 9.42. The van der Waals surface area contributed by atoms with Crippen LogP contribution in [0.1, 0.15) is 28.9 Å². The lowest BCUT2D eigenvalue weighted by Gasteiger charge is -2.10. The quantitative estimate of drug-likeness (QED) is 0.482. The number of pyridine rings is 1. The standard InChI is InChI=1S/C21H20N5O3Si/c1-12-4-5-14(20-24-19(29-25-20)8-13(2)30)9-16(12)23-21(27)17-10-22-18-7-6-15(28-3)11-26(17)18/h4-7,9-11,13H,8H2,1-3H3,(H,23,27)/t13-/m0/s1. The zero-order valence-corrected chi connectivity index (χ0v) is 17.8. The Morgan fingerprint density at radius 3 is 2.93 bits per heavy atom. The van der Waals surface area contributed by atoms with E-state index in [1.165, 1.54) is 6.20 Å². The molecule has 8 nitrogen and oxygen atoms in total. The maximum atomic E-state index is 12.9. The molecule has 0 unspecified atom stereocenters. The molecule has 0 spiro atoms. The number of ether oxygens (including phenoxy) is 1. The number of hydrogen-bond donors (Lipinski definition) is 1. The van der Waals surface area contributed by atoms with E-state index in [1.807, 2.05) is 32.0 Å². The number of aromatic nitrogens is 4. The van der Waals surface area contributed by atoms with E-state index in [1.54, 1.807) is 29.8 Å². The number of methoxy groups -OCH3 is 1. The molecule has 1 atom stereocenters. The largest absolute Gasteiger partial charge is 0.495 e. The van der Waals surface area contributed by atoms with Gasteiger partial charge in [0.2, 0.25) is 11.7 Å². The van der Waals surface area contributed by atoms with Crippen LogP contribution in [-0.2, 0) is 6.42 Å². The van der Waals surface area contributed by atoms with Crippen molar-refractivity contribution in [3.05, 3.63) is 59.9 Å². The number of rotatable bonds is 6. The smallest absolute Gasteiger partial charge is 0.274 e. The number of fused-ring (bicyclic) bond motifs is 1. The number of carbonyl (C=O) groups excluding carboxylic acids is 1. The third kappa shape index (κ3) is 3.97. The van der Waals surface area contributed by atoms with E-state index >= 15 is 0 Å². The van der Waals surface area contributed by atoms with Gasteiger partial charge >= 0.3 is 0 Å². The fourth-order valence-electron chi connectivity index (χ4n) is 3.05. The predicted octanol–water partition coefficient (Wildman–Crippen LogP) is 3.47. The predicted molar refractivity (Wildman–Crippen MR) is 113 cm³/mol. The summed E-state index contributed by atoms with van der Waals surface area (Å²) in [7, 11) is 5.11. The normalized spacial score (nSPS) is 12.1. The highest BCUT2D eigenvalue weighted by molar-refractivity contribution is 6.11. The van der Waals surface area contributed by atoms with Crippen molar-refractivity contribution in [1.29, 1.82) is 0 Å². The van der Waals surface area contributed by atoms with Crippen LogP contribution < -0.4 is 10.1 Å². The zero-order chi connectivity index (χ0) is 21.3. The average molecular weight is 419 g/mol. The monoisotopic (exact) mass is 418 g/mol. The van der Waals surface area contributed by atoms with Crippen LogP contribution in [0.15, 0.2) is 47.2 Å². The van der Waals surface area contributed by atoms with Crippen LogP contribution in [-0.4, -0.2) is 42.8 Å². The molecular weight excluding hydrogens is 398 g/mol. The molecule has 0 aliphatic carbocycles. The maximum absolute atomic E-state index is 12.9. The van der Waals surface area contributed by atoms with Crippen LogP contribution in [0.3, 0.4) is 0 Å². The fourth-order valence-corrected chi connectivity index (χ4v) is 3.22. The van der Waals surface area contributed by atoms with Gasteiger partial charge in [-0.1, -0.05) is 24.2 Å². The van der Waals surface area contributed by atoms with Gasteiger partial charge in [0.25, 0.3) is 5.91 Å². The lowest BCUT2D eigenvalue weighted by atomic mass is 10.1. The summed E-state index contributed by atoms with van der Waals surface area (Å²) in [5, 5.41) is 7.01. The van der Waals surface area contributed by atoms with Crippen LogP contribution in [0.25, 0.3) is 17.0 Å². The lowest BCUT2D eigenvalue weighted by molar-refractivity contribution is 0.102. The molecule has 151 valence electrons. The molecule has 0 saturated carbocycles. The molecule has 1 N–H and O–H groups in total. The number of nitrogens with zero attached hydrogens (tertiary/aromatic N) is 4. The van der Waals surface area contributed by atoms with Crippen molar-refractivity contribution < 1.29 is 14.1 Å². The Balaban J connectivity index is 1.61. The Morgan fingerprint density at radius 1 is 1.33 bits per heavy atom. The number of imidazole rings is 1. The SMILES string of the molecule is COc1ccc2ncc(C(=O)Nc3cc(-c4noc(C[C@H](C)[Si])n4)ccc3C)n2c1. The highest BCUT2D eigenvalue weighted by Crippen LogP contribution is 2.25. The van der Waals surface area contributed by atoms with Crippen LogP contribution in [0.4, 0.5) is 5.69 Å². The Morgan fingerprint density at radius 2 is 2.17 bits per heavy atom. The van der Waals surface area contributed by atoms with Gasteiger partial charge in [0, 0.05) is 27.9 Å². The second-order valence-electron chi connectivity index (χ2n) is 7.04. The molecule has 0 saturated heterocycles. The van der Waals surface area contributed by atoms with E-state index in [-0.39, 0.29) is 11.4 Å². The topological polar surface area (TPSA) is 94.5 Å². The molecule has 0 aliphatic rings. The second-order valence-corrected chi connectivity index (χ2v) is 8.03. The van der Waals surface area contributed by atoms with Crippen molar-refractivity contribution >= 4 is 27.5 Å². The maximum Gasteiger partial charge on any atom is 0.274 e. The second kappa shape index (κ2) is 8.11. The van der Waals surface area contributed by atoms with Gasteiger partial charge in [-0.3, -0.25) is 9.20 Å². The van der Waals surface area contributed by atoms with Crippen molar-refractivity contribution in [2.75, 3.05) is 12.4 Å². The fraction of sp³-hybridized carbons (Fsp3) is 0.238. The van der Waals surface area contributed by atoms with E-state index in [2.05, 4.69) is 30.7 Å². The van der Waals surface area contributed by atoms with Gasteiger partial charge in [-0.2, -0.15) is 4.98 Å². The summed E-state index contributed by atoms with van der Waals surface area (Å²) in [6.07, 6.45) is 3.90. The number of nitrogens with one attached hydrogen (secondary N) is 1. The van der Waals surface area contributed by atoms with E-state index < -0.39 is 0 Å². The minimum absolute atomic E-state index is 0.232.